The number of ether oxygens (including phenoxy) is 1. The summed E-state index contributed by atoms with van der Waals surface area (Å²) in [4.78, 5) is 12.1. The topological polar surface area (TPSA) is 26.3 Å². The molecule has 3 heteroatoms. The average Bonchev–Trinajstić information content (AvgIpc) is 2.15. The quantitative estimate of drug-likeness (QED) is 0.450. The molecule has 0 atom stereocenters. The van der Waals surface area contributed by atoms with Crippen LogP contribution >= 0.6 is 0 Å². The number of rotatable bonds is 3. The summed E-state index contributed by atoms with van der Waals surface area (Å²) in [6.07, 6.45) is 0. The Labute approximate surface area is 105 Å². The summed E-state index contributed by atoms with van der Waals surface area (Å²) in [5.41, 5.74) is 0. The molecule has 0 aliphatic heterocycles. The summed E-state index contributed by atoms with van der Waals surface area (Å²) in [7, 11) is 2.02. The van der Waals surface area contributed by atoms with Crippen LogP contribution < -0.4 is 4.74 Å². The van der Waals surface area contributed by atoms with Crippen LogP contribution in [-0.4, -0.2) is 13.2 Å². The molecular weight excluding hydrogens is 211 g/mol. The van der Waals surface area contributed by atoms with E-state index < -0.39 is 5.31 Å². The molecule has 1 aromatic rings. The van der Waals surface area contributed by atoms with E-state index in [1.807, 2.05) is 39.3 Å². The number of carbonyl (C=O) groups excluding carboxylic acids is 1. The van der Waals surface area contributed by atoms with Crippen molar-refractivity contribution in [1.29, 1.82) is 0 Å². The first-order valence-electron chi connectivity index (χ1n) is 5.85. The second kappa shape index (κ2) is 4.95. The maximum atomic E-state index is 12.1. The Kier molecular flexibility index (Phi) is 4.02. The molecule has 0 saturated carbocycles. The average molecular weight is 231 g/mol. The summed E-state index contributed by atoms with van der Waals surface area (Å²) < 4.78 is 5.35. The zero-order chi connectivity index (χ0) is 13.1. The van der Waals surface area contributed by atoms with Crippen LogP contribution in [0.15, 0.2) is 30.3 Å². The molecule has 0 unspecified atom stereocenters. The van der Waals surface area contributed by atoms with Gasteiger partial charge in [0.15, 0.2) is 0 Å². The van der Waals surface area contributed by atoms with E-state index in [-0.39, 0.29) is 11.3 Å². The van der Waals surface area contributed by atoms with Gasteiger partial charge in [-0.05, 0) is 12.1 Å². The molecule has 91 valence electrons. The van der Waals surface area contributed by atoms with Gasteiger partial charge in [0.1, 0.15) is 13.0 Å². The number of para-hydroxylation sites is 1. The number of benzene rings is 1. The Morgan fingerprint density at radius 1 is 1.06 bits per heavy atom. The minimum atomic E-state index is -0.589. The molecule has 0 fully saturated rings. The number of hydrogen-bond donors (Lipinski definition) is 0. The van der Waals surface area contributed by atoms with E-state index in [9.17, 15) is 4.79 Å². The number of hydrogen-bond acceptors (Lipinski definition) is 2. The van der Waals surface area contributed by atoms with Crippen LogP contribution in [0, 0.1) is 0 Å². The van der Waals surface area contributed by atoms with Gasteiger partial charge in [0, 0.05) is 5.31 Å². The predicted octanol–water partition coefficient (Wildman–Crippen LogP) is 3.71. The lowest BCUT2D eigenvalue weighted by molar-refractivity contribution is -0.137. The van der Waals surface area contributed by atoms with Crippen molar-refractivity contribution in [3.63, 3.8) is 0 Å². The molecule has 0 bridgehead atoms. The van der Waals surface area contributed by atoms with Crippen molar-refractivity contribution in [2.45, 2.75) is 45.2 Å². The van der Waals surface area contributed by atoms with Crippen LogP contribution in [0.3, 0.4) is 0 Å². The lowest BCUT2D eigenvalue weighted by atomic mass is 9.41. The number of carbonyl (C=O) groups is 1. The van der Waals surface area contributed by atoms with Gasteiger partial charge >= 0.3 is 5.97 Å². The Balaban J connectivity index is 2.70. The van der Waals surface area contributed by atoms with E-state index >= 15 is 0 Å². The molecule has 0 spiro atoms. The van der Waals surface area contributed by atoms with Crippen molar-refractivity contribution in [1.82, 2.24) is 0 Å². The van der Waals surface area contributed by atoms with Gasteiger partial charge in [-0.3, -0.25) is 4.79 Å². The van der Waals surface area contributed by atoms with Crippen molar-refractivity contribution in [2.75, 3.05) is 0 Å². The number of esters is 1. The van der Waals surface area contributed by atoms with E-state index in [4.69, 9.17) is 4.74 Å². The molecule has 1 rings (SSSR count). The van der Waals surface area contributed by atoms with Crippen molar-refractivity contribution >= 4 is 13.2 Å². The van der Waals surface area contributed by atoms with Crippen molar-refractivity contribution in [2.24, 2.45) is 0 Å². The Hall–Kier alpha value is -1.25. The van der Waals surface area contributed by atoms with E-state index in [1.54, 1.807) is 12.1 Å². The smallest absolute Gasteiger partial charge is 0.308 e. The second-order valence-corrected chi connectivity index (χ2v) is 5.93. The molecule has 17 heavy (non-hydrogen) atoms. The first-order chi connectivity index (χ1) is 7.71. The molecule has 2 nitrogen and oxygen atoms in total. The van der Waals surface area contributed by atoms with E-state index in [0.29, 0.717) is 5.75 Å². The zero-order valence-corrected chi connectivity index (χ0v) is 11.3. The largest absolute Gasteiger partial charge is 0.427 e. The van der Waals surface area contributed by atoms with Crippen LogP contribution in [0.2, 0.25) is 10.6 Å². The van der Waals surface area contributed by atoms with Gasteiger partial charge in [-0.15, -0.1) is 0 Å². The monoisotopic (exact) mass is 231 g/mol. The zero-order valence-electron chi connectivity index (χ0n) is 11.3. The highest BCUT2D eigenvalue weighted by atomic mass is 16.5. The molecule has 0 N–H and O–H groups in total. The standard InChI is InChI=1S/C14H20BO2/c1-13(2,3)15-14(4,5)12(16)17-11-9-7-6-8-10-11/h6-10H,1-5H3. The third-order valence-electron chi connectivity index (χ3n) is 2.27. The SMILES string of the molecule is CC(C)(C)[B]C(C)(C)C(=O)Oc1ccccc1. The summed E-state index contributed by atoms with van der Waals surface area (Å²) >= 11 is 0. The minimum absolute atomic E-state index is 0.0147. The Bertz CT molecular complexity index is 377. The normalized spacial score (nSPS) is 12.1. The molecule has 0 heterocycles. The maximum Gasteiger partial charge on any atom is 0.308 e. The highest BCUT2D eigenvalue weighted by molar-refractivity contribution is 6.49. The fourth-order valence-corrected chi connectivity index (χ4v) is 1.87. The first kappa shape index (κ1) is 13.8. The molecule has 0 aliphatic carbocycles. The summed E-state index contributed by atoms with van der Waals surface area (Å²) in [6.45, 7) is 9.98. The van der Waals surface area contributed by atoms with Crippen molar-refractivity contribution in [3.8, 4) is 5.75 Å². The summed E-state index contributed by atoms with van der Waals surface area (Å²) in [5.74, 6) is 0.367. The predicted molar refractivity (Wildman–Crippen MR) is 71.6 cm³/mol. The van der Waals surface area contributed by atoms with Gasteiger partial charge in [-0.2, -0.15) is 0 Å². The summed E-state index contributed by atoms with van der Waals surface area (Å²) in [5, 5.41) is -0.604. The third kappa shape index (κ3) is 4.64. The van der Waals surface area contributed by atoms with Crippen LogP contribution in [0.1, 0.15) is 34.6 Å². The lowest BCUT2D eigenvalue weighted by Crippen LogP contribution is -2.32. The molecule has 0 aromatic heterocycles. The van der Waals surface area contributed by atoms with Gasteiger partial charge in [-0.25, -0.2) is 0 Å². The minimum Gasteiger partial charge on any atom is -0.427 e. The van der Waals surface area contributed by atoms with E-state index in [1.165, 1.54) is 0 Å². The third-order valence-corrected chi connectivity index (χ3v) is 2.27. The first-order valence-corrected chi connectivity index (χ1v) is 5.85. The van der Waals surface area contributed by atoms with Crippen LogP contribution in [0.4, 0.5) is 0 Å². The van der Waals surface area contributed by atoms with Gasteiger partial charge in [0.25, 0.3) is 0 Å². The molecular formula is C14H20BO2. The molecule has 0 amide bonds. The fraction of sp³-hybridized carbons (Fsp3) is 0.500. The van der Waals surface area contributed by atoms with Crippen molar-refractivity contribution in [3.05, 3.63) is 30.3 Å². The second-order valence-electron chi connectivity index (χ2n) is 5.93. The fourth-order valence-electron chi connectivity index (χ4n) is 1.87. The van der Waals surface area contributed by atoms with Crippen LogP contribution in [0.5, 0.6) is 5.75 Å². The highest BCUT2D eigenvalue weighted by Crippen LogP contribution is 2.36. The van der Waals surface area contributed by atoms with Gasteiger partial charge < -0.3 is 4.74 Å². The van der Waals surface area contributed by atoms with Gasteiger partial charge in [0.05, 0.1) is 0 Å². The van der Waals surface area contributed by atoms with Gasteiger partial charge in [0.2, 0.25) is 0 Å². The Morgan fingerprint density at radius 3 is 2.06 bits per heavy atom. The highest BCUT2D eigenvalue weighted by Gasteiger charge is 2.35. The molecule has 1 radical (unpaired) electrons. The van der Waals surface area contributed by atoms with E-state index in [2.05, 4.69) is 20.8 Å². The van der Waals surface area contributed by atoms with Crippen LogP contribution in [0.25, 0.3) is 0 Å². The molecule has 1 aromatic carbocycles. The molecule has 0 aliphatic rings. The summed E-state index contributed by atoms with van der Waals surface area (Å²) in [6, 6.07) is 9.16. The van der Waals surface area contributed by atoms with Crippen molar-refractivity contribution < 1.29 is 9.53 Å². The Morgan fingerprint density at radius 2 is 1.59 bits per heavy atom. The lowest BCUT2D eigenvalue weighted by Gasteiger charge is -2.29. The maximum absolute atomic E-state index is 12.1. The van der Waals surface area contributed by atoms with Crippen LogP contribution in [-0.2, 0) is 4.79 Å². The molecule has 0 saturated heterocycles. The van der Waals surface area contributed by atoms with Gasteiger partial charge in [-0.1, -0.05) is 58.1 Å². The van der Waals surface area contributed by atoms with E-state index in [0.717, 1.165) is 0 Å².